The van der Waals surface area contributed by atoms with Crippen LogP contribution < -0.4 is 16.4 Å². The SMILES string of the molecule is Nc1nc(C(=NO)C(=O)N[C@@H]2C(=O)N3C(C(=O)O)=C(C=C4CCN([C@H]5CCNC5)C4=O)CS[C@H]23)c(Cl)s1. The van der Waals surface area contributed by atoms with Gasteiger partial charge in [0.2, 0.25) is 5.91 Å². The number of hydrogen-bond acceptors (Lipinski definition) is 11. The number of nitrogens with two attached hydrogens (primary N) is 1. The van der Waals surface area contributed by atoms with Crippen molar-refractivity contribution in [2.24, 2.45) is 5.16 Å². The number of nitrogens with zero attached hydrogens (tertiary/aromatic N) is 4. The highest BCUT2D eigenvalue weighted by Crippen LogP contribution is 2.41. The Kier molecular flexibility index (Phi) is 6.87. The van der Waals surface area contributed by atoms with Crippen molar-refractivity contribution >= 4 is 69.2 Å². The van der Waals surface area contributed by atoms with Gasteiger partial charge in [0.15, 0.2) is 10.8 Å². The molecular formula is C21H22ClN7O6S2. The smallest absolute Gasteiger partial charge is 0.352 e. The first-order chi connectivity index (χ1) is 17.7. The minimum atomic E-state index is -1.31. The fraction of sp³-hybridized carbons (Fsp3) is 0.429. The molecule has 196 valence electrons. The van der Waals surface area contributed by atoms with E-state index in [1.165, 1.54) is 11.8 Å². The predicted molar refractivity (Wildman–Crippen MR) is 135 cm³/mol. The third kappa shape index (κ3) is 4.45. The van der Waals surface area contributed by atoms with Crippen molar-refractivity contribution in [3.63, 3.8) is 0 Å². The molecular weight excluding hydrogens is 546 g/mol. The Morgan fingerprint density at radius 3 is 2.76 bits per heavy atom. The van der Waals surface area contributed by atoms with E-state index in [0.717, 1.165) is 35.7 Å². The van der Waals surface area contributed by atoms with Gasteiger partial charge < -0.3 is 31.6 Å². The number of nitrogens with one attached hydrogen (secondary N) is 2. The molecule has 0 spiro atoms. The highest BCUT2D eigenvalue weighted by atomic mass is 35.5. The van der Waals surface area contributed by atoms with Gasteiger partial charge >= 0.3 is 5.97 Å². The maximum Gasteiger partial charge on any atom is 0.352 e. The van der Waals surface area contributed by atoms with E-state index in [-0.39, 0.29) is 38.6 Å². The van der Waals surface area contributed by atoms with Crippen LogP contribution in [-0.4, -0.2) is 97.3 Å². The van der Waals surface area contributed by atoms with Crippen molar-refractivity contribution in [3.8, 4) is 0 Å². The molecule has 0 saturated carbocycles. The fourth-order valence-corrected chi connectivity index (χ4v) is 7.09. The number of anilines is 1. The molecule has 1 aromatic rings. The van der Waals surface area contributed by atoms with E-state index in [0.29, 0.717) is 24.1 Å². The van der Waals surface area contributed by atoms with Crippen LogP contribution in [0.3, 0.4) is 0 Å². The molecule has 4 aliphatic rings. The van der Waals surface area contributed by atoms with Crippen molar-refractivity contribution in [1.29, 1.82) is 0 Å². The number of rotatable bonds is 6. The number of aliphatic carboxylic acids is 1. The number of oxime groups is 1. The maximum absolute atomic E-state index is 13.0. The average Bonchev–Trinajstić information content (AvgIpc) is 3.59. The van der Waals surface area contributed by atoms with Crippen molar-refractivity contribution in [3.05, 3.63) is 32.9 Å². The predicted octanol–water partition coefficient (Wildman–Crippen LogP) is -0.184. The van der Waals surface area contributed by atoms with E-state index in [4.69, 9.17) is 17.3 Å². The van der Waals surface area contributed by atoms with Crippen LogP contribution in [0.5, 0.6) is 0 Å². The zero-order valence-electron chi connectivity index (χ0n) is 19.1. The number of allylic oxidation sites excluding steroid dienone is 1. The lowest BCUT2D eigenvalue weighted by Crippen LogP contribution is -2.71. The van der Waals surface area contributed by atoms with E-state index in [2.05, 4.69) is 20.8 Å². The van der Waals surface area contributed by atoms with Crippen LogP contribution in [0.4, 0.5) is 5.13 Å². The van der Waals surface area contributed by atoms with E-state index < -0.39 is 34.9 Å². The summed E-state index contributed by atoms with van der Waals surface area (Å²) in [4.78, 5) is 57.6. The molecule has 6 N–H and O–H groups in total. The molecule has 1 aromatic heterocycles. The topological polar surface area (TPSA) is 191 Å². The summed E-state index contributed by atoms with van der Waals surface area (Å²) in [6, 6.07) is -0.938. The van der Waals surface area contributed by atoms with Crippen molar-refractivity contribution in [2.75, 3.05) is 31.1 Å². The van der Waals surface area contributed by atoms with Crippen molar-refractivity contribution < 1.29 is 29.5 Å². The van der Waals surface area contributed by atoms with E-state index in [1.54, 1.807) is 6.08 Å². The minimum absolute atomic E-state index is 0.0343. The third-order valence-electron chi connectivity index (χ3n) is 6.61. The highest BCUT2D eigenvalue weighted by Gasteiger charge is 2.54. The van der Waals surface area contributed by atoms with Gasteiger partial charge in [-0.2, -0.15) is 0 Å². The van der Waals surface area contributed by atoms with Crippen molar-refractivity contribution in [1.82, 2.24) is 25.4 Å². The Morgan fingerprint density at radius 2 is 2.14 bits per heavy atom. The van der Waals surface area contributed by atoms with Crippen LogP contribution in [0.2, 0.25) is 4.34 Å². The molecule has 3 saturated heterocycles. The van der Waals surface area contributed by atoms with Gasteiger partial charge in [-0.15, -0.1) is 11.8 Å². The van der Waals surface area contributed by atoms with Gasteiger partial charge in [-0.1, -0.05) is 28.1 Å². The summed E-state index contributed by atoms with van der Waals surface area (Å²) in [6.45, 7) is 2.16. The van der Waals surface area contributed by atoms with Gasteiger partial charge in [0.05, 0.1) is 0 Å². The molecule has 0 aliphatic carbocycles. The van der Waals surface area contributed by atoms with Crippen LogP contribution >= 0.6 is 34.7 Å². The number of carboxylic acids is 1. The number of carbonyl (C=O) groups is 4. The number of fused-ring (bicyclic) bond motifs is 1. The molecule has 16 heteroatoms. The van der Waals surface area contributed by atoms with Crippen LogP contribution in [0.15, 0.2) is 28.1 Å². The molecule has 0 bridgehead atoms. The lowest BCUT2D eigenvalue weighted by atomic mass is 10.0. The number of halogens is 1. The summed E-state index contributed by atoms with van der Waals surface area (Å²) >= 11 is 8.14. The summed E-state index contributed by atoms with van der Waals surface area (Å²) in [5.74, 6) is -2.76. The van der Waals surface area contributed by atoms with Gasteiger partial charge in [0.1, 0.15) is 27.1 Å². The Morgan fingerprint density at radius 1 is 1.35 bits per heavy atom. The standard InChI is InChI=1S/C21H22ClN7O6S2/c22-15-11(26-21(23)37-15)12(27-35)16(30)25-13-18(32)29-14(20(33)34)9(7-36-19(13)29)5-8-2-4-28(17(8)31)10-1-3-24-6-10/h5,10,13,19,24,35H,1-4,6-7H2,(H2,23,26)(H,25,30)(H,33,34)/t10-,13+,19+/m0/s1. The van der Waals surface area contributed by atoms with Gasteiger partial charge in [-0.25, -0.2) is 9.78 Å². The minimum Gasteiger partial charge on any atom is -0.477 e. The highest BCUT2D eigenvalue weighted by molar-refractivity contribution is 8.00. The first-order valence-corrected chi connectivity index (χ1v) is 13.5. The van der Waals surface area contributed by atoms with Crippen LogP contribution in [0.1, 0.15) is 18.5 Å². The molecule has 3 atom stereocenters. The molecule has 3 amide bonds. The van der Waals surface area contributed by atoms with Crippen LogP contribution in [0.25, 0.3) is 0 Å². The van der Waals surface area contributed by atoms with Gasteiger partial charge in [0, 0.05) is 30.5 Å². The summed E-state index contributed by atoms with van der Waals surface area (Å²) in [5.41, 5.74) is 5.59. The Labute approximate surface area is 223 Å². The zero-order chi connectivity index (χ0) is 26.4. The summed E-state index contributed by atoms with van der Waals surface area (Å²) in [5, 5.41) is 27.3. The third-order valence-corrected chi connectivity index (χ3v) is 9.00. The Hall–Kier alpha value is -3.14. The fourth-order valence-electron chi connectivity index (χ4n) is 4.86. The second-order valence-corrected chi connectivity index (χ2v) is 11.5. The van der Waals surface area contributed by atoms with Gasteiger partial charge in [-0.3, -0.25) is 19.3 Å². The van der Waals surface area contributed by atoms with Crippen molar-refractivity contribution in [2.45, 2.75) is 30.3 Å². The summed E-state index contributed by atoms with van der Waals surface area (Å²) in [7, 11) is 0. The quantitative estimate of drug-likeness (QED) is 0.101. The van der Waals surface area contributed by atoms with Crippen LogP contribution in [0, 0.1) is 0 Å². The first kappa shape index (κ1) is 25.5. The Bertz CT molecular complexity index is 1290. The number of hydrogen-bond donors (Lipinski definition) is 5. The van der Waals surface area contributed by atoms with Crippen LogP contribution in [-0.2, 0) is 19.2 Å². The number of thioether (sulfide) groups is 1. The molecule has 5 rings (SSSR count). The number of amides is 3. The molecule has 37 heavy (non-hydrogen) atoms. The average molecular weight is 568 g/mol. The molecule has 5 heterocycles. The number of β-lactam (4-membered cyclic amide) rings is 1. The molecule has 4 aliphatic heterocycles. The lowest BCUT2D eigenvalue weighted by molar-refractivity contribution is -0.150. The number of thiazole rings is 1. The number of likely N-dealkylation sites (tertiary alicyclic amines) is 1. The largest absolute Gasteiger partial charge is 0.477 e. The zero-order valence-corrected chi connectivity index (χ0v) is 21.5. The second-order valence-electron chi connectivity index (χ2n) is 8.73. The summed E-state index contributed by atoms with van der Waals surface area (Å²) in [6.07, 6.45) is 2.96. The number of nitrogen functional groups attached to an aromatic ring is 1. The molecule has 3 fully saturated rings. The number of carbonyl (C=O) groups excluding carboxylic acids is 3. The first-order valence-electron chi connectivity index (χ1n) is 11.3. The molecule has 0 unspecified atom stereocenters. The molecule has 0 aromatic carbocycles. The Balaban J connectivity index is 1.34. The number of aromatic nitrogens is 1. The van der Waals surface area contributed by atoms with Gasteiger partial charge in [0.25, 0.3) is 11.8 Å². The van der Waals surface area contributed by atoms with E-state index in [1.807, 2.05) is 4.90 Å². The number of carboxylic acid groups (broad SMARTS) is 1. The monoisotopic (exact) mass is 567 g/mol. The normalized spacial score (nSPS) is 27.1. The van der Waals surface area contributed by atoms with E-state index >= 15 is 0 Å². The lowest BCUT2D eigenvalue weighted by Gasteiger charge is -2.49. The second kappa shape index (κ2) is 9.96. The van der Waals surface area contributed by atoms with Gasteiger partial charge in [-0.05, 0) is 31.0 Å². The summed E-state index contributed by atoms with van der Waals surface area (Å²) < 4.78 is 0.0343. The maximum atomic E-state index is 13.0. The molecule has 0 radical (unpaired) electrons. The van der Waals surface area contributed by atoms with E-state index in [9.17, 15) is 29.5 Å². The molecule has 13 nitrogen and oxygen atoms in total.